The molecular formula is C22H19ClFN3O3. The number of hydrogen-bond acceptors (Lipinski definition) is 5. The second-order valence-electron chi connectivity index (χ2n) is 7.17. The van der Waals surface area contributed by atoms with Crippen LogP contribution in [0.25, 0.3) is 10.9 Å². The van der Waals surface area contributed by atoms with Crippen molar-refractivity contribution in [1.82, 2.24) is 9.88 Å². The molecule has 30 heavy (non-hydrogen) atoms. The molecule has 0 radical (unpaired) electrons. The Balaban J connectivity index is 1.56. The van der Waals surface area contributed by atoms with Crippen molar-refractivity contribution < 1.29 is 18.7 Å². The molecular weight excluding hydrogens is 409 g/mol. The number of pyridine rings is 1. The quantitative estimate of drug-likeness (QED) is 0.641. The number of rotatable bonds is 4. The number of ether oxygens (including phenoxy) is 1. The lowest BCUT2D eigenvalue weighted by atomic mass is 9.96. The van der Waals surface area contributed by atoms with E-state index in [1.807, 2.05) is 31.3 Å². The summed E-state index contributed by atoms with van der Waals surface area (Å²) in [6.45, 7) is 0.941. The number of carbonyl (C=O) groups excluding carboxylic acids is 2. The van der Waals surface area contributed by atoms with Crippen LogP contribution in [-0.4, -0.2) is 42.0 Å². The number of amides is 1. The summed E-state index contributed by atoms with van der Waals surface area (Å²) in [6, 6.07) is 11.0. The molecule has 6 nitrogen and oxygen atoms in total. The first kappa shape index (κ1) is 20.3. The van der Waals surface area contributed by atoms with Crippen LogP contribution in [0.4, 0.5) is 10.1 Å². The van der Waals surface area contributed by atoms with Gasteiger partial charge in [0.1, 0.15) is 5.82 Å². The predicted molar refractivity (Wildman–Crippen MR) is 112 cm³/mol. The van der Waals surface area contributed by atoms with Gasteiger partial charge in [-0.2, -0.15) is 0 Å². The van der Waals surface area contributed by atoms with Gasteiger partial charge in [0.2, 0.25) is 0 Å². The van der Waals surface area contributed by atoms with Gasteiger partial charge in [0.05, 0.1) is 21.8 Å². The standard InChI is InChI=1S/C22H19ClFN3O3/c1-27-9-8-18-15(11-27)21(14-4-2-3-5-17(14)25-18)22(29)30-12-20(28)26-19-7-6-13(24)10-16(19)23/h2-7,10H,8-9,11-12H2,1H3,(H,26,28). The van der Waals surface area contributed by atoms with Crippen LogP contribution in [0.15, 0.2) is 42.5 Å². The summed E-state index contributed by atoms with van der Waals surface area (Å²) >= 11 is 5.92. The number of halogens is 2. The first-order valence-corrected chi connectivity index (χ1v) is 9.81. The van der Waals surface area contributed by atoms with Crippen molar-refractivity contribution in [2.75, 3.05) is 25.5 Å². The number of para-hydroxylation sites is 1. The molecule has 8 heteroatoms. The van der Waals surface area contributed by atoms with Crippen LogP contribution in [0, 0.1) is 5.82 Å². The molecule has 154 valence electrons. The van der Waals surface area contributed by atoms with Crippen molar-refractivity contribution in [3.63, 3.8) is 0 Å². The number of hydrogen-bond donors (Lipinski definition) is 1. The van der Waals surface area contributed by atoms with E-state index in [0.717, 1.165) is 35.8 Å². The van der Waals surface area contributed by atoms with Gasteiger partial charge in [-0.05, 0) is 31.3 Å². The Hall–Kier alpha value is -3.03. The van der Waals surface area contributed by atoms with Gasteiger partial charge < -0.3 is 15.0 Å². The van der Waals surface area contributed by atoms with Gasteiger partial charge in [0.25, 0.3) is 5.91 Å². The van der Waals surface area contributed by atoms with Crippen LogP contribution in [0.3, 0.4) is 0 Å². The highest BCUT2D eigenvalue weighted by Crippen LogP contribution is 2.28. The van der Waals surface area contributed by atoms with Gasteiger partial charge in [-0.15, -0.1) is 0 Å². The van der Waals surface area contributed by atoms with Crippen molar-refractivity contribution in [2.45, 2.75) is 13.0 Å². The summed E-state index contributed by atoms with van der Waals surface area (Å²) in [5, 5.41) is 3.27. The molecule has 0 atom stereocenters. The Bertz CT molecular complexity index is 1150. The third-order valence-electron chi connectivity index (χ3n) is 4.98. The highest BCUT2D eigenvalue weighted by atomic mass is 35.5. The number of nitrogens with one attached hydrogen (secondary N) is 1. The van der Waals surface area contributed by atoms with Gasteiger partial charge in [-0.25, -0.2) is 9.18 Å². The summed E-state index contributed by atoms with van der Waals surface area (Å²) in [5.74, 6) is -1.66. The molecule has 1 aromatic heterocycles. The molecule has 1 amide bonds. The van der Waals surface area contributed by atoms with Gasteiger partial charge >= 0.3 is 5.97 Å². The number of fused-ring (bicyclic) bond motifs is 2. The predicted octanol–water partition coefficient (Wildman–Crippen LogP) is 3.81. The molecule has 0 fully saturated rings. The summed E-state index contributed by atoms with van der Waals surface area (Å²) < 4.78 is 18.5. The molecule has 4 rings (SSSR count). The van der Waals surface area contributed by atoms with Crippen LogP contribution in [0.2, 0.25) is 5.02 Å². The van der Waals surface area contributed by atoms with E-state index in [9.17, 15) is 14.0 Å². The molecule has 1 aliphatic rings. The molecule has 1 aliphatic heterocycles. The van der Waals surface area contributed by atoms with Crippen LogP contribution < -0.4 is 5.32 Å². The van der Waals surface area contributed by atoms with E-state index < -0.39 is 24.3 Å². The molecule has 0 unspecified atom stereocenters. The van der Waals surface area contributed by atoms with Crippen molar-refractivity contribution in [3.8, 4) is 0 Å². The lowest BCUT2D eigenvalue weighted by Crippen LogP contribution is -2.30. The molecule has 2 aromatic carbocycles. The smallest absolute Gasteiger partial charge is 0.339 e. The zero-order valence-electron chi connectivity index (χ0n) is 16.2. The Morgan fingerprint density at radius 3 is 2.87 bits per heavy atom. The largest absolute Gasteiger partial charge is 0.452 e. The maximum Gasteiger partial charge on any atom is 0.339 e. The van der Waals surface area contributed by atoms with Crippen molar-refractivity contribution in [2.24, 2.45) is 0 Å². The maximum atomic E-state index is 13.1. The summed E-state index contributed by atoms with van der Waals surface area (Å²) in [7, 11) is 1.98. The van der Waals surface area contributed by atoms with Gasteiger partial charge in [-0.1, -0.05) is 29.8 Å². The maximum absolute atomic E-state index is 13.1. The monoisotopic (exact) mass is 427 g/mol. The number of carbonyl (C=O) groups is 2. The number of likely N-dealkylation sites (N-methyl/N-ethyl adjacent to an activating group) is 1. The third-order valence-corrected chi connectivity index (χ3v) is 5.29. The highest BCUT2D eigenvalue weighted by Gasteiger charge is 2.25. The Morgan fingerprint density at radius 1 is 1.27 bits per heavy atom. The number of aromatic nitrogens is 1. The molecule has 0 saturated heterocycles. The molecule has 0 aliphatic carbocycles. The molecule has 3 aromatic rings. The van der Waals surface area contributed by atoms with E-state index in [-0.39, 0.29) is 10.7 Å². The topological polar surface area (TPSA) is 71.5 Å². The normalized spacial score (nSPS) is 13.7. The molecule has 0 spiro atoms. The fraction of sp³-hybridized carbons (Fsp3) is 0.227. The summed E-state index contributed by atoms with van der Waals surface area (Å²) in [5.41, 5.74) is 3.10. The first-order chi connectivity index (χ1) is 14.4. The first-order valence-electron chi connectivity index (χ1n) is 9.43. The number of esters is 1. The summed E-state index contributed by atoms with van der Waals surface area (Å²) in [6.07, 6.45) is 0.737. The number of anilines is 1. The van der Waals surface area contributed by atoms with Crippen molar-refractivity contribution in [1.29, 1.82) is 0 Å². The van der Waals surface area contributed by atoms with E-state index in [2.05, 4.69) is 10.2 Å². The second-order valence-corrected chi connectivity index (χ2v) is 7.57. The van der Waals surface area contributed by atoms with Gasteiger partial charge in [-0.3, -0.25) is 9.78 Å². The van der Waals surface area contributed by atoms with Crippen LogP contribution >= 0.6 is 11.6 Å². The third kappa shape index (κ3) is 4.13. The Kier molecular flexibility index (Phi) is 5.65. The van der Waals surface area contributed by atoms with Crippen LogP contribution in [0.1, 0.15) is 21.6 Å². The van der Waals surface area contributed by atoms with Crippen LogP contribution in [-0.2, 0) is 22.5 Å². The second kappa shape index (κ2) is 8.38. The molecule has 1 N–H and O–H groups in total. The molecule has 0 bridgehead atoms. The lowest BCUT2D eigenvalue weighted by Gasteiger charge is -2.26. The number of benzene rings is 2. The van der Waals surface area contributed by atoms with Crippen molar-refractivity contribution in [3.05, 3.63) is 70.1 Å². The minimum atomic E-state index is -0.583. The molecule has 2 heterocycles. The van der Waals surface area contributed by atoms with Gasteiger partial charge in [0.15, 0.2) is 6.61 Å². The Labute approximate surface area is 177 Å². The Morgan fingerprint density at radius 2 is 2.07 bits per heavy atom. The SMILES string of the molecule is CN1CCc2nc3ccccc3c(C(=O)OCC(=O)Nc3ccc(F)cc3Cl)c2C1. The zero-order valence-corrected chi connectivity index (χ0v) is 17.0. The fourth-order valence-corrected chi connectivity index (χ4v) is 3.75. The van der Waals surface area contributed by atoms with E-state index in [4.69, 9.17) is 21.3 Å². The molecule has 0 saturated carbocycles. The average molecular weight is 428 g/mol. The fourth-order valence-electron chi connectivity index (χ4n) is 3.54. The lowest BCUT2D eigenvalue weighted by molar-refractivity contribution is -0.119. The minimum Gasteiger partial charge on any atom is -0.452 e. The van der Waals surface area contributed by atoms with Crippen molar-refractivity contribution >= 4 is 40.1 Å². The van der Waals surface area contributed by atoms with Crippen LogP contribution in [0.5, 0.6) is 0 Å². The summed E-state index contributed by atoms with van der Waals surface area (Å²) in [4.78, 5) is 32.0. The zero-order chi connectivity index (χ0) is 21.3. The van der Waals surface area contributed by atoms with E-state index in [0.29, 0.717) is 17.5 Å². The average Bonchev–Trinajstić information content (AvgIpc) is 2.72. The minimum absolute atomic E-state index is 0.0620. The van der Waals surface area contributed by atoms with Gasteiger partial charge in [0, 0.05) is 36.2 Å². The van der Waals surface area contributed by atoms with E-state index in [1.54, 1.807) is 0 Å². The van der Waals surface area contributed by atoms with E-state index >= 15 is 0 Å². The highest BCUT2D eigenvalue weighted by molar-refractivity contribution is 6.33. The number of nitrogens with zero attached hydrogens (tertiary/aromatic N) is 2. The van der Waals surface area contributed by atoms with E-state index in [1.165, 1.54) is 12.1 Å².